The van der Waals surface area contributed by atoms with Crippen molar-refractivity contribution in [1.29, 1.82) is 0 Å². The molecule has 2 atom stereocenters. The number of fused-ring (bicyclic) bond motifs is 1. The van der Waals surface area contributed by atoms with Crippen LogP contribution in [0.3, 0.4) is 0 Å². The maximum atomic E-state index is 12.6. The Morgan fingerprint density at radius 1 is 1.14 bits per heavy atom. The summed E-state index contributed by atoms with van der Waals surface area (Å²) in [5.74, 6) is 3.89. The maximum absolute atomic E-state index is 12.6. The summed E-state index contributed by atoms with van der Waals surface area (Å²) in [6.07, 6.45) is 8.69. The van der Waals surface area contributed by atoms with E-state index < -0.39 is 12.1 Å². The molecule has 0 heterocycles. The summed E-state index contributed by atoms with van der Waals surface area (Å²) < 4.78 is 4.78. The van der Waals surface area contributed by atoms with Crippen LogP contribution >= 0.6 is 0 Å². The van der Waals surface area contributed by atoms with Crippen LogP contribution in [0.4, 0.5) is 4.79 Å². The lowest BCUT2D eigenvalue weighted by Gasteiger charge is -2.32. The molecule has 3 aliphatic rings. The van der Waals surface area contributed by atoms with Crippen LogP contribution in [0.15, 0.2) is 47.1 Å². The largest absolute Gasteiger partial charge is 0.527 e. The van der Waals surface area contributed by atoms with Gasteiger partial charge in [-0.1, -0.05) is 30.4 Å². The summed E-state index contributed by atoms with van der Waals surface area (Å²) >= 11 is 0. The van der Waals surface area contributed by atoms with Gasteiger partial charge in [-0.2, -0.15) is 5.90 Å². The quantitative estimate of drug-likeness (QED) is 0.472. The van der Waals surface area contributed by atoms with Crippen LogP contribution in [0, 0.1) is 11.8 Å². The van der Waals surface area contributed by atoms with Gasteiger partial charge < -0.3 is 9.57 Å². The van der Waals surface area contributed by atoms with Crippen LogP contribution in [-0.2, 0) is 19.2 Å². The van der Waals surface area contributed by atoms with Gasteiger partial charge >= 0.3 is 6.16 Å². The van der Waals surface area contributed by atoms with Crippen LogP contribution in [0.1, 0.15) is 12.8 Å². The summed E-state index contributed by atoms with van der Waals surface area (Å²) in [6, 6.07) is 0. The van der Waals surface area contributed by atoms with Crippen molar-refractivity contribution in [3.05, 3.63) is 47.1 Å². The number of allylic oxidation sites excluding steroid dienone is 7. The first-order valence-corrected chi connectivity index (χ1v) is 6.98. The second-order valence-corrected chi connectivity index (χ2v) is 5.41. The second-order valence-electron chi connectivity index (χ2n) is 5.41. The van der Waals surface area contributed by atoms with Crippen LogP contribution in [0.5, 0.6) is 0 Å². The Morgan fingerprint density at radius 3 is 2.41 bits per heavy atom. The molecular formula is C16H15NO5. The lowest BCUT2D eigenvalue weighted by molar-refractivity contribution is -0.127. The van der Waals surface area contributed by atoms with E-state index in [-0.39, 0.29) is 24.1 Å². The van der Waals surface area contributed by atoms with Gasteiger partial charge in [0.05, 0.1) is 11.8 Å². The Bertz CT molecular complexity index is 668. The third-order valence-electron chi connectivity index (χ3n) is 4.17. The Labute approximate surface area is 126 Å². The van der Waals surface area contributed by atoms with Gasteiger partial charge in [0.1, 0.15) is 6.61 Å². The highest BCUT2D eigenvalue weighted by molar-refractivity contribution is 6.16. The monoisotopic (exact) mass is 301 g/mol. The van der Waals surface area contributed by atoms with E-state index >= 15 is 0 Å². The molecule has 0 amide bonds. The van der Waals surface area contributed by atoms with Gasteiger partial charge in [0.25, 0.3) is 0 Å². The van der Waals surface area contributed by atoms with Crippen molar-refractivity contribution in [2.75, 3.05) is 6.61 Å². The first-order chi connectivity index (χ1) is 10.6. The fourth-order valence-corrected chi connectivity index (χ4v) is 3.07. The van der Waals surface area contributed by atoms with E-state index in [2.05, 4.69) is 4.84 Å². The van der Waals surface area contributed by atoms with Crippen molar-refractivity contribution in [1.82, 2.24) is 0 Å². The van der Waals surface area contributed by atoms with E-state index in [4.69, 9.17) is 10.6 Å². The second kappa shape index (κ2) is 5.73. The molecule has 22 heavy (non-hydrogen) atoms. The Balaban J connectivity index is 1.78. The number of rotatable bonds is 2. The van der Waals surface area contributed by atoms with E-state index in [1.807, 2.05) is 6.08 Å². The molecule has 6 nitrogen and oxygen atoms in total. The molecule has 0 bridgehead atoms. The van der Waals surface area contributed by atoms with Gasteiger partial charge in [0.15, 0.2) is 11.6 Å². The lowest BCUT2D eigenvalue weighted by atomic mass is 9.69. The number of Topliss-reactive ketones (excluding diaryl/α,β-unsaturated/α-hetero) is 2. The summed E-state index contributed by atoms with van der Waals surface area (Å²) in [5, 5.41) is 0. The molecule has 114 valence electrons. The third-order valence-corrected chi connectivity index (χ3v) is 4.17. The zero-order valence-electron chi connectivity index (χ0n) is 11.8. The molecule has 2 unspecified atom stereocenters. The molecule has 0 fully saturated rings. The zero-order chi connectivity index (χ0) is 15.7. The SMILES string of the molecule is NOC(=O)OCC1=CCC2=C(C1)C(=O)C1C=CC=CC1C2=O. The molecule has 0 aliphatic heterocycles. The molecule has 0 saturated heterocycles. The van der Waals surface area contributed by atoms with E-state index in [9.17, 15) is 14.4 Å². The number of ketones is 2. The molecule has 0 radical (unpaired) electrons. The summed E-state index contributed by atoms with van der Waals surface area (Å²) in [5.41, 5.74) is 1.88. The molecular weight excluding hydrogens is 286 g/mol. The molecule has 0 spiro atoms. The van der Waals surface area contributed by atoms with E-state index in [1.165, 1.54) is 0 Å². The van der Waals surface area contributed by atoms with Gasteiger partial charge in [0.2, 0.25) is 0 Å². The van der Waals surface area contributed by atoms with Crippen molar-refractivity contribution in [3.63, 3.8) is 0 Å². The van der Waals surface area contributed by atoms with Crippen molar-refractivity contribution in [2.45, 2.75) is 12.8 Å². The number of hydrogen-bond donors (Lipinski definition) is 1. The van der Waals surface area contributed by atoms with Crippen LogP contribution in [-0.4, -0.2) is 24.3 Å². The molecule has 0 aromatic carbocycles. The van der Waals surface area contributed by atoms with Crippen molar-refractivity contribution in [3.8, 4) is 0 Å². The molecule has 3 aliphatic carbocycles. The number of carbonyl (C=O) groups is 3. The fourth-order valence-electron chi connectivity index (χ4n) is 3.07. The third kappa shape index (κ3) is 2.42. The van der Waals surface area contributed by atoms with Crippen molar-refractivity contribution < 1.29 is 24.0 Å². The van der Waals surface area contributed by atoms with Gasteiger partial charge in [-0.3, -0.25) is 9.59 Å². The molecule has 0 aromatic heterocycles. The first-order valence-electron chi connectivity index (χ1n) is 6.98. The minimum atomic E-state index is -0.980. The molecule has 6 heteroatoms. The molecule has 0 saturated carbocycles. The molecule has 2 N–H and O–H groups in total. The molecule has 3 rings (SSSR count). The van der Waals surface area contributed by atoms with Crippen molar-refractivity contribution >= 4 is 17.7 Å². The van der Waals surface area contributed by atoms with Crippen LogP contribution < -0.4 is 5.90 Å². The smallest absolute Gasteiger partial charge is 0.429 e. The summed E-state index contributed by atoms with van der Waals surface area (Å²) in [7, 11) is 0. The maximum Gasteiger partial charge on any atom is 0.527 e. The summed E-state index contributed by atoms with van der Waals surface area (Å²) in [4.78, 5) is 39.9. The van der Waals surface area contributed by atoms with E-state index in [1.54, 1.807) is 24.3 Å². The average Bonchev–Trinajstić information content (AvgIpc) is 2.57. The van der Waals surface area contributed by atoms with Gasteiger partial charge in [-0.15, -0.1) is 0 Å². The number of carbonyl (C=O) groups excluding carboxylic acids is 3. The lowest BCUT2D eigenvalue weighted by Crippen LogP contribution is -2.37. The Kier molecular flexibility index (Phi) is 3.77. The predicted octanol–water partition coefficient (Wildman–Crippen LogP) is 1.54. The average molecular weight is 301 g/mol. The minimum absolute atomic E-state index is 0.00186. The first kappa shape index (κ1) is 14.5. The number of hydrogen-bond acceptors (Lipinski definition) is 6. The van der Waals surface area contributed by atoms with Crippen molar-refractivity contribution in [2.24, 2.45) is 17.7 Å². The van der Waals surface area contributed by atoms with Crippen LogP contribution in [0.2, 0.25) is 0 Å². The predicted molar refractivity (Wildman–Crippen MR) is 76.2 cm³/mol. The number of ether oxygens (including phenoxy) is 1. The topological polar surface area (TPSA) is 95.7 Å². The Morgan fingerprint density at radius 2 is 1.77 bits per heavy atom. The highest BCUT2D eigenvalue weighted by atomic mass is 16.8. The number of nitrogens with two attached hydrogens (primary N) is 1. The van der Waals surface area contributed by atoms with E-state index in [0.717, 1.165) is 5.57 Å². The van der Waals surface area contributed by atoms with Crippen LogP contribution in [0.25, 0.3) is 0 Å². The highest BCUT2D eigenvalue weighted by Crippen LogP contribution is 2.39. The highest BCUT2D eigenvalue weighted by Gasteiger charge is 2.41. The summed E-state index contributed by atoms with van der Waals surface area (Å²) in [6.45, 7) is -0.00186. The minimum Gasteiger partial charge on any atom is -0.429 e. The molecule has 0 aromatic rings. The Hall–Kier alpha value is -2.47. The zero-order valence-corrected chi connectivity index (χ0v) is 11.8. The van der Waals surface area contributed by atoms with Gasteiger partial charge in [-0.25, -0.2) is 4.79 Å². The standard InChI is InChI=1S/C16H15NO5/c17-22-16(20)21-8-9-5-6-12-13(7-9)15(19)11-4-2-1-3-10(11)14(12)18/h1-5,10-11H,6-8,17H2. The van der Waals surface area contributed by atoms with Gasteiger partial charge in [0, 0.05) is 17.6 Å². The normalized spacial score (nSPS) is 26.3. The van der Waals surface area contributed by atoms with Gasteiger partial charge in [-0.05, 0) is 12.0 Å². The van der Waals surface area contributed by atoms with E-state index in [0.29, 0.717) is 24.0 Å². The fraction of sp³-hybridized carbons (Fsp3) is 0.312.